The summed E-state index contributed by atoms with van der Waals surface area (Å²) in [5, 5.41) is 0.134. The van der Waals surface area contributed by atoms with Crippen molar-refractivity contribution in [1.29, 1.82) is 0 Å². The van der Waals surface area contributed by atoms with E-state index < -0.39 is 8.32 Å². The molecule has 30 heavy (non-hydrogen) atoms. The maximum absolute atomic E-state index is 12.3. The summed E-state index contributed by atoms with van der Waals surface area (Å²) in [5.74, 6) is -0.0948. The first kappa shape index (κ1) is 24.8. The molecule has 0 bridgehead atoms. The molecular weight excluding hydrogens is 392 g/mol. The molecule has 1 heterocycles. The standard InChI is InChI=1S/C24H40N2O3Si/c1-8-28-23(27)21-10-9-15-26(17-21)18-22(29-30(6,7)24(2,3)4)20-13-11-19(12-14-20)16-25-5/h11-14,16,21-22H,8-10,15,17-18H2,1-7H3/q-1/t21-,22+/m0/s1. The van der Waals surface area contributed by atoms with Gasteiger partial charge in [-0.3, -0.25) is 14.7 Å². The van der Waals surface area contributed by atoms with Crippen LogP contribution < -0.4 is 0 Å². The van der Waals surface area contributed by atoms with Crippen LogP contribution in [-0.2, 0) is 14.0 Å². The first-order valence-corrected chi connectivity index (χ1v) is 14.1. The summed E-state index contributed by atoms with van der Waals surface area (Å²) in [6.07, 6.45) is 3.78. The van der Waals surface area contributed by atoms with Gasteiger partial charge < -0.3 is 9.16 Å². The van der Waals surface area contributed by atoms with E-state index in [2.05, 4.69) is 68.0 Å². The highest BCUT2D eigenvalue weighted by atomic mass is 28.4. The molecule has 6 heteroatoms. The molecule has 169 valence electrons. The Balaban J connectivity index is 2.21. The summed E-state index contributed by atoms with van der Waals surface area (Å²) in [5.41, 5.74) is 2.28. The largest absolute Gasteiger partial charge is 0.558 e. The average Bonchev–Trinajstić information content (AvgIpc) is 2.68. The molecule has 1 aromatic carbocycles. The van der Waals surface area contributed by atoms with Crippen molar-refractivity contribution in [2.45, 2.75) is 64.8 Å². The van der Waals surface area contributed by atoms with Gasteiger partial charge in [-0.2, -0.15) is 0 Å². The number of esters is 1. The van der Waals surface area contributed by atoms with Crippen LogP contribution in [0.5, 0.6) is 0 Å². The lowest BCUT2D eigenvalue weighted by atomic mass is 9.97. The van der Waals surface area contributed by atoms with Gasteiger partial charge in [-0.25, -0.2) is 0 Å². The molecule has 1 aliphatic rings. The first-order valence-electron chi connectivity index (χ1n) is 11.2. The van der Waals surface area contributed by atoms with E-state index in [1.54, 1.807) is 7.05 Å². The van der Waals surface area contributed by atoms with Crippen molar-refractivity contribution in [3.05, 3.63) is 35.4 Å². The minimum absolute atomic E-state index is 0.0144. The number of ether oxygens (including phenoxy) is 1. The monoisotopic (exact) mass is 432 g/mol. The molecule has 0 spiro atoms. The third-order valence-corrected chi connectivity index (χ3v) is 10.9. The SMILES string of the molecule is CCOC(=O)[C@H]1CCCN(C[C@@H](O[Si-](C)(C)C(C)(C)C)c2ccc(C=NC)cc2)C1. The summed E-state index contributed by atoms with van der Waals surface area (Å²) in [6, 6.07) is 8.51. The van der Waals surface area contributed by atoms with E-state index in [1.807, 2.05) is 13.1 Å². The molecule has 0 saturated carbocycles. The molecule has 0 radical (unpaired) electrons. The minimum atomic E-state index is -1.96. The van der Waals surface area contributed by atoms with Gasteiger partial charge in [0.1, 0.15) is 0 Å². The van der Waals surface area contributed by atoms with E-state index in [0.717, 1.165) is 38.0 Å². The molecule has 0 aromatic heterocycles. The third kappa shape index (κ3) is 6.76. The van der Waals surface area contributed by atoms with Gasteiger partial charge in [-0.1, -0.05) is 45.0 Å². The van der Waals surface area contributed by atoms with Gasteiger partial charge >= 0.3 is 5.97 Å². The lowest BCUT2D eigenvalue weighted by Crippen LogP contribution is -2.46. The second-order valence-electron chi connectivity index (χ2n) is 9.77. The smallest absolute Gasteiger partial charge is 0.310 e. The van der Waals surface area contributed by atoms with Crippen LogP contribution in [0, 0.1) is 5.92 Å². The topological polar surface area (TPSA) is 51.1 Å². The Morgan fingerprint density at radius 1 is 1.30 bits per heavy atom. The van der Waals surface area contributed by atoms with Crippen LogP contribution in [0.3, 0.4) is 0 Å². The normalized spacial score (nSPS) is 19.8. The number of nitrogens with zero attached hydrogens (tertiary/aromatic N) is 2. The predicted molar refractivity (Wildman–Crippen MR) is 127 cm³/mol. The number of benzene rings is 1. The number of carbonyl (C=O) groups excluding carboxylic acids is 1. The lowest BCUT2D eigenvalue weighted by molar-refractivity contribution is -0.150. The van der Waals surface area contributed by atoms with Crippen LogP contribution in [0.4, 0.5) is 0 Å². The molecule has 0 unspecified atom stereocenters. The number of aliphatic imine (C=N–C) groups is 1. The van der Waals surface area contributed by atoms with Crippen molar-refractivity contribution in [2.75, 3.05) is 33.3 Å². The predicted octanol–water partition coefficient (Wildman–Crippen LogP) is 5.07. The van der Waals surface area contributed by atoms with Crippen LogP contribution in [0.15, 0.2) is 29.3 Å². The molecule has 5 nitrogen and oxygen atoms in total. The Labute approximate surface area is 184 Å². The van der Waals surface area contributed by atoms with Crippen LogP contribution in [0.25, 0.3) is 0 Å². The van der Waals surface area contributed by atoms with Crippen molar-refractivity contribution in [2.24, 2.45) is 10.9 Å². The maximum atomic E-state index is 12.3. The number of hydrogen-bond donors (Lipinski definition) is 0. The van der Waals surface area contributed by atoms with Gasteiger partial charge in [-0.05, 0) is 45.8 Å². The highest BCUT2D eigenvalue weighted by Crippen LogP contribution is 2.40. The number of rotatable bonds is 8. The Morgan fingerprint density at radius 2 is 1.97 bits per heavy atom. The quantitative estimate of drug-likeness (QED) is 0.327. The van der Waals surface area contributed by atoms with Crippen molar-refractivity contribution in [3.63, 3.8) is 0 Å². The zero-order chi connectivity index (χ0) is 22.4. The van der Waals surface area contributed by atoms with Gasteiger partial charge in [-0.15, -0.1) is 18.1 Å². The first-order chi connectivity index (χ1) is 14.1. The van der Waals surface area contributed by atoms with Crippen molar-refractivity contribution < 1.29 is 14.0 Å². The molecule has 2 atom stereocenters. The van der Waals surface area contributed by atoms with E-state index in [0.29, 0.717) is 6.61 Å². The average molecular weight is 433 g/mol. The fraction of sp³-hybridized carbons (Fsp3) is 0.667. The fourth-order valence-corrected chi connectivity index (χ4v) is 4.87. The fourth-order valence-electron chi connectivity index (χ4n) is 3.60. The van der Waals surface area contributed by atoms with Crippen molar-refractivity contribution in [3.8, 4) is 0 Å². The highest BCUT2D eigenvalue weighted by molar-refractivity contribution is 6.74. The number of likely N-dealkylation sites (tertiary alicyclic amines) is 1. The summed E-state index contributed by atoms with van der Waals surface area (Å²) in [4.78, 5) is 18.8. The van der Waals surface area contributed by atoms with Crippen molar-refractivity contribution in [1.82, 2.24) is 4.90 Å². The van der Waals surface area contributed by atoms with Crippen LogP contribution in [0.1, 0.15) is 57.8 Å². The molecule has 0 amide bonds. The van der Waals surface area contributed by atoms with Gasteiger partial charge in [0, 0.05) is 26.4 Å². The van der Waals surface area contributed by atoms with E-state index in [-0.39, 0.29) is 23.0 Å². The molecular formula is C24H40N2O3Si-. The maximum Gasteiger partial charge on any atom is 0.310 e. The van der Waals surface area contributed by atoms with Crippen LogP contribution in [0.2, 0.25) is 18.1 Å². The Bertz CT molecular complexity index is 710. The van der Waals surface area contributed by atoms with E-state index >= 15 is 0 Å². The Kier molecular flexibility index (Phi) is 8.82. The van der Waals surface area contributed by atoms with Crippen molar-refractivity contribution >= 4 is 20.5 Å². The van der Waals surface area contributed by atoms with E-state index in [1.165, 1.54) is 5.56 Å². The number of piperidine rings is 1. The molecule has 0 N–H and O–H groups in total. The zero-order valence-corrected chi connectivity index (χ0v) is 20.9. The highest BCUT2D eigenvalue weighted by Gasteiger charge is 2.31. The second kappa shape index (κ2) is 10.7. The summed E-state index contributed by atoms with van der Waals surface area (Å²) < 4.78 is 12.2. The third-order valence-electron chi connectivity index (χ3n) is 6.38. The number of hydrogen-bond acceptors (Lipinski definition) is 5. The zero-order valence-electron chi connectivity index (χ0n) is 19.9. The molecule has 1 aliphatic heterocycles. The summed E-state index contributed by atoms with van der Waals surface area (Å²) >= 11 is 0. The van der Waals surface area contributed by atoms with Gasteiger partial charge in [0.05, 0.1) is 18.6 Å². The minimum Gasteiger partial charge on any atom is -0.558 e. The van der Waals surface area contributed by atoms with Gasteiger partial charge in [0.2, 0.25) is 0 Å². The summed E-state index contributed by atoms with van der Waals surface area (Å²) in [6.45, 7) is 16.3. The van der Waals surface area contributed by atoms with E-state index in [4.69, 9.17) is 9.16 Å². The van der Waals surface area contributed by atoms with E-state index in [9.17, 15) is 4.79 Å². The lowest BCUT2D eigenvalue weighted by Gasteiger charge is -2.51. The van der Waals surface area contributed by atoms with Gasteiger partial charge in [0.25, 0.3) is 0 Å². The van der Waals surface area contributed by atoms with Crippen LogP contribution >= 0.6 is 0 Å². The molecule has 2 rings (SSSR count). The van der Waals surface area contributed by atoms with Crippen LogP contribution in [-0.4, -0.2) is 58.7 Å². The summed E-state index contributed by atoms with van der Waals surface area (Å²) in [7, 11) is -0.175. The van der Waals surface area contributed by atoms with Gasteiger partial charge in [0.15, 0.2) is 0 Å². The molecule has 1 fully saturated rings. The Morgan fingerprint density at radius 3 is 2.53 bits per heavy atom. The molecule has 0 aliphatic carbocycles. The molecule has 1 saturated heterocycles. The number of carbonyl (C=O) groups is 1. The Hall–Kier alpha value is -1.50. The molecule has 1 aromatic rings. The second-order valence-corrected chi connectivity index (χ2v) is 14.5.